The van der Waals surface area contributed by atoms with Crippen LogP contribution in [0.2, 0.25) is 0 Å². The molecule has 4 nitrogen and oxygen atoms in total. The van der Waals surface area contributed by atoms with Gasteiger partial charge in [0.05, 0.1) is 5.39 Å². The molecule has 0 saturated carbocycles. The van der Waals surface area contributed by atoms with Crippen molar-refractivity contribution in [3.63, 3.8) is 0 Å². The lowest BCUT2D eigenvalue weighted by Crippen LogP contribution is -2.29. The summed E-state index contributed by atoms with van der Waals surface area (Å²) in [5.41, 5.74) is 5.60. The molecule has 2 aromatic rings. The van der Waals surface area contributed by atoms with Crippen LogP contribution in [-0.2, 0) is 10.3 Å². The predicted octanol–water partition coefficient (Wildman–Crippen LogP) is 3.24. The molecule has 0 radical (unpaired) electrons. The Labute approximate surface area is 111 Å². The molecule has 0 amide bonds. The largest absolute Gasteiger partial charge is 0.383 e. The number of aromatic nitrogens is 2. The third-order valence-corrected chi connectivity index (χ3v) is 4.43. The van der Waals surface area contributed by atoms with E-state index in [4.69, 9.17) is 10.5 Å². The number of fused-ring (bicyclic) bond motifs is 1. The molecule has 5 heteroatoms. The number of methoxy groups -OCH3 is 1. The molecule has 18 heavy (non-hydrogen) atoms. The average Bonchev–Trinajstić information content (AvgIpc) is 2.73. The van der Waals surface area contributed by atoms with Crippen molar-refractivity contribution in [2.75, 3.05) is 12.8 Å². The fraction of sp³-hybridized carbons (Fsp3) is 0.538. The summed E-state index contributed by atoms with van der Waals surface area (Å²) in [7, 11) is 1.70. The number of aryl methyl sites for hydroxylation is 1. The van der Waals surface area contributed by atoms with Crippen LogP contribution in [0.4, 0.5) is 5.82 Å². The highest BCUT2D eigenvalue weighted by Gasteiger charge is 2.32. The van der Waals surface area contributed by atoms with Crippen LogP contribution in [0, 0.1) is 6.92 Å². The maximum Gasteiger partial charge on any atom is 0.164 e. The Kier molecular flexibility index (Phi) is 3.54. The summed E-state index contributed by atoms with van der Waals surface area (Å²) < 4.78 is 5.66. The van der Waals surface area contributed by atoms with Crippen LogP contribution >= 0.6 is 11.3 Å². The van der Waals surface area contributed by atoms with Crippen molar-refractivity contribution < 1.29 is 4.74 Å². The van der Waals surface area contributed by atoms with Crippen LogP contribution in [0.15, 0.2) is 6.07 Å². The van der Waals surface area contributed by atoms with Gasteiger partial charge in [-0.2, -0.15) is 0 Å². The Morgan fingerprint density at radius 3 is 2.56 bits per heavy atom. The first-order valence-electron chi connectivity index (χ1n) is 6.15. The molecular formula is C13H19N3OS. The van der Waals surface area contributed by atoms with Crippen molar-refractivity contribution in [2.24, 2.45) is 0 Å². The summed E-state index contributed by atoms with van der Waals surface area (Å²) in [6, 6.07) is 2.03. The van der Waals surface area contributed by atoms with Gasteiger partial charge in [-0.1, -0.05) is 13.8 Å². The fourth-order valence-corrected chi connectivity index (χ4v) is 3.10. The fourth-order valence-electron chi connectivity index (χ4n) is 2.21. The average molecular weight is 265 g/mol. The summed E-state index contributed by atoms with van der Waals surface area (Å²) >= 11 is 1.64. The molecule has 0 saturated heterocycles. The third kappa shape index (κ3) is 1.97. The van der Waals surface area contributed by atoms with Crippen molar-refractivity contribution in [1.29, 1.82) is 0 Å². The van der Waals surface area contributed by atoms with Gasteiger partial charge in [-0.25, -0.2) is 9.97 Å². The molecule has 0 bridgehead atoms. The van der Waals surface area contributed by atoms with Crippen LogP contribution in [0.1, 0.15) is 37.4 Å². The number of thiophene rings is 1. The Morgan fingerprint density at radius 2 is 2.00 bits per heavy atom. The van der Waals surface area contributed by atoms with E-state index in [9.17, 15) is 0 Å². The molecule has 0 aromatic carbocycles. The zero-order valence-corrected chi connectivity index (χ0v) is 12.1. The maximum atomic E-state index is 6.03. The van der Waals surface area contributed by atoms with Crippen LogP contribution in [0.25, 0.3) is 10.2 Å². The minimum Gasteiger partial charge on any atom is -0.383 e. The van der Waals surface area contributed by atoms with Crippen LogP contribution < -0.4 is 5.73 Å². The van der Waals surface area contributed by atoms with Crippen LogP contribution in [0.3, 0.4) is 0 Å². The molecule has 98 valence electrons. The first kappa shape index (κ1) is 13.2. The second-order valence-electron chi connectivity index (χ2n) is 4.41. The van der Waals surface area contributed by atoms with Gasteiger partial charge >= 0.3 is 0 Å². The van der Waals surface area contributed by atoms with Gasteiger partial charge in [-0.3, -0.25) is 0 Å². The molecule has 2 heterocycles. The number of rotatable bonds is 4. The quantitative estimate of drug-likeness (QED) is 0.921. The SMILES string of the molecule is CCC(CC)(OC)c1nc(N)c2cc(C)sc2n1. The zero-order chi connectivity index (χ0) is 13.3. The highest BCUT2D eigenvalue weighted by Crippen LogP contribution is 2.34. The van der Waals surface area contributed by atoms with Crippen molar-refractivity contribution >= 4 is 27.4 Å². The number of nitrogen functional groups attached to an aromatic ring is 1. The molecule has 2 rings (SSSR count). The second-order valence-corrected chi connectivity index (χ2v) is 5.65. The summed E-state index contributed by atoms with van der Waals surface area (Å²) in [4.78, 5) is 11.2. The van der Waals surface area contributed by atoms with Gasteiger partial charge in [0, 0.05) is 12.0 Å². The molecule has 0 aliphatic carbocycles. The summed E-state index contributed by atoms with van der Waals surface area (Å²) in [6.07, 6.45) is 1.66. The summed E-state index contributed by atoms with van der Waals surface area (Å²) in [6.45, 7) is 6.21. The van der Waals surface area contributed by atoms with Crippen molar-refractivity contribution in [3.05, 3.63) is 16.8 Å². The molecule has 0 atom stereocenters. The monoisotopic (exact) mass is 265 g/mol. The first-order chi connectivity index (χ1) is 8.56. The minimum atomic E-state index is -0.430. The number of hydrogen-bond acceptors (Lipinski definition) is 5. The number of anilines is 1. The van der Waals surface area contributed by atoms with Crippen LogP contribution in [0.5, 0.6) is 0 Å². The normalized spacial score (nSPS) is 12.2. The third-order valence-electron chi connectivity index (χ3n) is 3.49. The number of ether oxygens (including phenoxy) is 1. The maximum absolute atomic E-state index is 6.03. The van der Waals surface area contributed by atoms with Gasteiger partial charge in [-0.15, -0.1) is 11.3 Å². The van der Waals surface area contributed by atoms with Crippen molar-refractivity contribution in [3.8, 4) is 0 Å². The van der Waals surface area contributed by atoms with E-state index in [0.717, 1.165) is 23.1 Å². The molecular weight excluding hydrogens is 246 g/mol. The molecule has 0 fully saturated rings. The van der Waals surface area contributed by atoms with E-state index in [2.05, 4.69) is 30.7 Å². The molecule has 2 aromatic heterocycles. The van der Waals surface area contributed by atoms with E-state index in [0.29, 0.717) is 11.6 Å². The minimum absolute atomic E-state index is 0.430. The topological polar surface area (TPSA) is 61.0 Å². The van der Waals surface area contributed by atoms with Crippen LogP contribution in [-0.4, -0.2) is 17.1 Å². The van der Waals surface area contributed by atoms with Gasteiger partial charge in [0.25, 0.3) is 0 Å². The second kappa shape index (κ2) is 4.82. The lowest BCUT2D eigenvalue weighted by molar-refractivity contribution is -0.0287. The summed E-state index contributed by atoms with van der Waals surface area (Å²) in [5, 5.41) is 0.943. The highest BCUT2D eigenvalue weighted by atomic mass is 32.1. The van der Waals surface area contributed by atoms with Gasteiger partial charge < -0.3 is 10.5 Å². The Hall–Kier alpha value is -1.20. The Morgan fingerprint density at radius 1 is 1.33 bits per heavy atom. The molecule has 0 aliphatic rings. The molecule has 0 unspecified atom stereocenters. The van der Waals surface area contributed by atoms with Gasteiger partial charge in [0.15, 0.2) is 5.82 Å². The van der Waals surface area contributed by atoms with E-state index in [1.165, 1.54) is 4.88 Å². The summed E-state index contributed by atoms with van der Waals surface area (Å²) in [5.74, 6) is 1.24. The standard InChI is InChI=1S/C13H19N3OS/c1-5-13(6-2,17-4)12-15-10(14)9-7-8(3)18-11(9)16-12/h7H,5-6H2,1-4H3,(H2,14,15,16). The number of nitrogens with zero attached hydrogens (tertiary/aromatic N) is 2. The van der Waals surface area contributed by atoms with E-state index in [-0.39, 0.29) is 0 Å². The van der Waals surface area contributed by atoms with Gasteiger partial charge in [0.2, 0.25) is 0 Å². The van der Waals surface area contributed by atoms with Crippen molar-refractivity contribution in [1.82, 2.24) is 9.97 Å². The predicted molar refractivity (Wildman–Crippen MR) is 75.8 cm³/mol. The molecule has 2 N–H and O–H groups in total. The van der Waals surface area contributed by atoms with E-state index in [1.54, 1.807) is 18.4 Å². The van der Waals surface area contributed by atoms with Crippen molar-refractivity contribution in [2.45, 2.75) is 39.2 Å². The Bertz CT molecular complexity index is 552. The van der Waals surface area contributed by atoms with Gasteiger partial charge in [-0.05, 0) is 25.8 Å². The molecule has 0 aliphatic heterocycles. The lowest BCUT2D eigenvalue weighted by Gasteiger charge is -2.28. The van der Waals surface area contributed by atoms with E-state index in [1.807, 2.05) is 6.07 Å². The van der Waals surface area contributed by atoms with Gasteiger partial charge in [0.1, 0.15) is 16.2 Å². The van der Waals surface area contributed by atoms with E-state index < -0.39 is 5.60 Å². The lowest BCUT2D eigenvalue weighted by atomic mass is 9.96. The Balaban J connectivity index is 2.64. The smallest absolute Gasteiger partial charge is 0.164 e. The number of hydrogen-bond donors (Lipinski definition) is 1. The highest BCUT2D eigenvalue weighted by molar-refractivity contribution is 7.18. The van der Waals surface area contributed by atoms with E-state index >= 15 is 0 Å². The zero-order valence-electron chi connectivity index (χ0n) is 11.3. The number of nitrogens with two attached hydrogens (primary N) is 1. The first-order valence-corrected chi connectivity index (χ1v) is 6.97. The molecule has 0 spiro atoms.